The lowest BCUT2D eigenvalue weighted by Gasteiger charge is -2.14. The summed E-state index contributed by atoms with van der Waals surface area (Å²) in [5, 5.41) is 9.13. The molecule has 0 spiro atoms. The second kappa shape index (κ2) is 9.80. The molecule has 2 heterocycles. The van der Waals surface area contributed by atoms with E-state index in [4.69, 9.17) is 4.74 Å². The molecule has 37 heavy (non-hydrogen) atoms. The number of amides is 1. The third kappa shape index (κ3) is 5.80. The fraction of sp³-hybridized carbons (Fsp3) is 0.200. The molecule has 12 heteroatoms. The number of alkyl halides is 3. The average molecular weight is 509 g/mol. The first kappa shape index (κ1) is 24.1. The largest absolute Gasteiger partial charge is 0.497 e. The highest BCUT2D eigenvalue weighted by Gasteiger charge is 2.31. The quantitative estimate of drug-likeness (QED) is 0.298. The van der Waals surface area contributed by atoms with Crippen molar-refractivity contribution < 1.29 is 22.7 Å². The maximum Gasteiger partial charge on any atom is 0.416 e. The lowest BCUT2D eigenvalue weighted by Crippen LogP contribution is -2.14. The lowest BCUT2D eigenvalue weighted by molar-refractivity contribution is -0.137. The van der Waals surface area contributed by atoms with Crippen LogP contribution in [-0.2, 0) is 6.18 Å². The Morgan fingerprint density at radius 1 is 1.05 bits per heavy atom. The Bertz CT molecular complexity index is 1430. The first-order chi connectivity index (χ1) is 17.8. The maximum absolute atomic E-state index is 13.1. The highest BCUT2D eigenvalue weighted by Crippen LogP contribution is 2.31. The number of methoxy groups -OCH3 is 1. The van der Waals surface area contributed by atoms with Gasteiger partial charge in [-0.3, -0.25) is 9.36 Å². The molecule has 1 amide bonds. The number of halogens is 3. The lowest BCUT2D eigenvalue weighted by atomic mass is 10.1. The van der Waals surface area contributed by atoms with Crippen LogP contribution in [-0.4, -0.2) is 38.6 Å². The van der Waals surface area contributed by atoms with Crippen molar-refractivity contribution >= 4 is 29.0 Å². The van der Waals surface area contributed by atoms with Crippen molar-refractivity contribution in [2.75, 3.05) is 23.1 Å². The van der Waals surface area contributed by atoms with Gasteiger partial charge in [-0.15, -0.1) is 0 Å². The fourth-order valence-corrected chi connectivity index (χ4v) is 3.61. The van der Waals surface area contributed by atoms with Gasteiger partial charge in [-0.25, -0.2) is 15.0 Å². The second-order valence-electron chi connectivity index (χ2n) is 8.41. The number of nitrogens with one attached hydrogen (secondary N) is 3. The Hall–Kier alpha value is -4.61. The van der Waals surface area contributed by atoms with Crippen molar-refractivity contribution in [3.8, 4) is 11.6 Å². The van der Waals surface area contributed by atoms with Crippen LogP contribution in [0.3, 0.4) is 0 Å². The Balaban J connectivity index is 1.37. The smallest absolute Gasteiger partial charge is 0.416 e. The van der Waals surface area contributed by atoms with Gasteiger partial charge in [0.25, 0.3) is 5.91 Å². The molecule has 1 saturated carbocycles. The number of carbonyl (C=O) groups is 1. The Kier molecular flexibility index (Phi) is 6.38. The van der Waals surface area contributed by atoms with E-state index in [0.717, 1.165) is 25.0 Å². The molecule has 1 aliphatic carbocycles. The summed E-state index contributed by atoms with van der Waals surface area (Å²) in [6, 6.07) is 11.3. The van der Waals surface area contributed by atoms with Crippen molar-refractivity contribution in [2.24, 2.45) is 0 Å². The van der Waals surface area contributed by atoms with Crippen LogP contribution in [0.25, 0.3) is 5.82 Å². The molecule has 4 aromatic rings. The number of carbonyl (C=O) groups excluding carboxylic acids is 1. The number of hydrogen-bond acceptors (Lipinski definition) is 7. The van der Waals surface area contributed by atoms with Crippen LogP contribution in [0.1, 0.15) is 28.8 Å². The average Bonchev–Trinajstić information content (AvgIpc) is 3.57. The van der Waals surface area contributed by atoms with Crippen LogP contribution < -0.4 is 20.7 Å². The van der Waals surface area contributed by atoms with Crippen molar-refractivity contribution in [3.63, 3.8) is 0 Å². The Morgan fingerprint density at radius 3 is 2.62 bits per heavy atom. The van der Waals surface area contributed by atoms with Gasteiger partial charge in [0.05, 0.1) is 12.7 Å². The van der Waals surface area contributed by atoms with E-state index in [1.807, 2.05) is 6.07 Å². The standard InChI is InChI=1S/C25H22F3N7O2/c1-37-20-11-18(33-23(36)15-3-2-4-16(9-15)25(26,27)28)10-19(12-20)34-24-29-7-8-35(24)22-13-21(30-14-31-22)32-17-5-6-17/h2-4,7-14,17H,5-6H2,1H3,(H,29,34)(H,33,36)(H,30,31,32). The van der Waals surface area contributed by atoms with E-state index in [-0.39, 0.29) is 5.56 Å². The zero-order valence-electron chi connectivity index (χ0n) is 19.6. The van der Waals surface area contributed by atoms with Crippen LogP contribution in [0.2, 0.25) is 0 Å². The van der Waals surface area contributed by atoms with Crippen molar-refractivity contribution in [1.82, 2.24) is 19.5 Å². The van der Waals surface area contributed by atoms with E-state index in [0.29, 0.717) is 40.8 Å². The van der Waals surface area contributed by atoms with E-state index in [1.165, 1.54) is 25.6 Å². The first-order valence-corrected chi connectivity index (χ1v) is 11.4. The summed E-state index contributed by atoms with van der Waals surface area (Å²) in [5.74, 6) is 1.48. The summed E-state index contributed by atoms with van der Waals surface area (Å²) in [6.07, 6.45) is 2.48. The third-order valence-corrected chi connectivity index (χ3v) is 5.58. The summed E-state index contributed by atoms with van der Waals surface area (Å²) in [4.78, 5) is 25.6. The monoisotopic (exact) mass is 509 g/mol. The number of imidazole rings is 1. The SMILES string of the molecule is COc1cc(NC(=O)c2cccc(C(F)(F)F)c2)cc(Nc2nccn2-c2cc(NC3CC3)ncn2)c1. The van der Waals surface area contributed by atoms with Crippen molar-refractivity contribution in [3.05, 3.63) is 78.4 Å². The highest BCUT2D eigenvalue weighted by atomic mass is 19.4. The number of ether oxygens (including phenoxy) is 1. The van der Waals surface area contributed by atoms with E-state index < -0.39 is 17.6 Å². The molecule has 2 aromatic heterocycles. The first-order valence-electron chi connectivity index (χ1n) is 11.4. The molecule has 0 radical (unpaired) electrons. The zero-order chi connectivity index (χ0) is 26.0. The van der Waals surface area contributed by atoms with Crippen LogP contribution in [0.15, 0.2) is 67.3 Å². The molecule has 1 fully saturated rings. The molecule has 190 valence electrons. The van der Waals surface area contributed by atoms with Crippen LogP contribution in [0.5, 0.6) is 5.75 Å². The van der Waals surface area contributed by atoms with Gasteiger partial charge in [0.15, 0.2) is 0 Å². The summed E-state index contributed by atoms with van der Waals surface area (Å²) < 4.78 is 46.2. The van der Waals surface area contributed by atoms with Gasteiger partial charge >= 0.3 is 6.18 Å². The van der Waals surface area contributed by atoms with Crippen molar-refractivity contribution in [2.45, 2.75) is 25.1 Å². The number of rotatable bonds is 8. The molecule has 3 N–H and O–H groups in total. The number of benzene rings is 2. The summed E-state index contributed by atoms with van der Waals surface area (Å²) in [6.45, 7) is 0. The highest BCUT2D eigenvalue weighted by molar-refractivity contribution is 6.04. The van der Waals surface area contributed by atoms with Crippen LogP contribution >= 0.6 is 0 Å². The van der Waals surface area contributed by atoms with Gasteiger partial charge in [0.2, 0.25) is 5.95 Å². The van der Waals surface area contributed by atoms with Crippen LogP contribution in [0, 0.1) is 0 Å². The molecule has 0 aliphatic heterocycles. The minimum absolute atomic E-state index is 0.123. The minimum Gasteiger partial charge on any atom is -0.497 e. The fourth-order valence-electron chi connectivity index (χ4n) is 3.61. The molecule has 5 rings (SSSR count). The van der Waals surface area contributed by atoms with Gasteiger partial charge in [-0.05, 0) is 37.1 Å². The number of hydrogen-bond donors (Lipinski definition) is 3. The number of aromatic nitrogens is 4. The molecule has 2 aromatic carbocycles. The molecule has 0 bridgehead atoms. The van der Waals surface area contributed by atoms with Gasteiger partial charge < -0.3 is 20.7 Å². The molecular weight excluding hydrogens is 487 g/mol. The zero-order valence-corrected chi connectivity index (χ0v) is 19.6. The van der Waals surface area contributed by atoms with E-state index in [2.05, 4.69) is 30.9 Å². The van der Waals surface area contributed by atoms with Crippen LogP contribution in [0.4, 0.5) is 36.3 Å². The van der Waals surface area contributed by atoms with Gasteiger partial charge in [0.1, 0.15) is 23.7 Å². The van der Waals surface area contributed by atoms with E-state index in [9.17, 15) is 18.0 Å². The molecule has 0 saturated heterocycles. The van der Waals surface area contributed by atoms with Gasteiger partial charge in [0, 0.05) is 53.6 Å². The van der Waals surface area contributed by atoms with Crippen molar-refractivity contribution in [1.29, 1.82) is 0 Å². The summed E-state index contributed by atoms with van der Waals surface area (Å²) >= 11 is 0. The van der Waals surface area contributed by atoms with E-state index in [1.54, 1.807) is 35.2 Å². The summed E-state index contributed by atoms with van der Waals surface area (Å²) in [7, 11) is 1.47. The van der Waals surface area contributed by atoms with E-state index >= 15 is 0 Å². The molecule has 0 unspecified atom stereocenters. The number of nitrogens with zero attached hydrogens (tertiary/aromatic N) is 4. The minimum atomic E-state index is -4.55. The normalized spacial score (nSPS) is 13.2. The predicted molar refractivity (Wildman–Crippen MR) is 131 cm³/mol. The molecular formula is C25H22F3N7O2. The number of anilines is 4. The molecule has 0 atom stereocenters. The molecule has 1 aliphatic rings. The maximum atomic E-state index is 13.1. The predicted octanol–water partition coefficient (Wildman–Crippen LogP) is 5.26. The Labute approximate surface area is 209 Å². The second-order valence-corrected chi connectivity index (χ2v) is 8.41. The Morgan fingerprint density at radius 2 is 1.86 bits per heavy atom. The van der Waals surface area contributed by atoms with Gasteiger partial charge in [-0.1, -0.05) is 6.07 Å². The summed E-state index contributed by atoms with van der Waals surface area (Å²) in [5.41, 5.74) is -0.181. The topological polar surface area (TPSA) is 106 Å². The third-order valence-electron chi connectivity index (χ3n) is 5.58. The van der Waals surface area contributed by atoms with Gasteiger partial charge in [-0.2, -0.15) is 13.2 Å². The molecule has 9 nitrogen and oxygen atoms in total.